The van der Waals surface area contributed by atoms with E-state index in [1.54, 1.807) is 0 Å². The lowest BCUT2D eigenvalue weighted by Gasteiger charge is -2.25. The predicted molar refractivity (Wildman–Crippen MR) is 89.6 cm³/mol. The lowest BCUT2D eigenvalue weighted by Crippen LogP contribution is -2.28. The van der Waals surface area contributed by atoms with Gasteiger partial charge in [0.1, 0.15) is 12.4 Å². The van der Waals surface area contributed by atoms with Crippen molar-refractivity contribution in [2.45, 2.75) is 12.4 Å². The fourth-order valence-electron chi connectivity index (χ4n) is 2.33. The van der Waals surface area contributed by atoms with Crippen molar-refractivity contribution in [1.29, 1.82) is 0 Å². The number of hydrogen-bond acceptors (Lipinski definition) is 3. The van der Waals surface area contributed by atoms with Crippen molar-refractivity contribution in [3.05, 3.63) is 64.7 Å². The highest BCUT2D eigenvalue weighted by atomic mass is 79.9. The zero-order valence-corrected chi connectivity index (χ0v) is 14.3. The van der Waals surface area contributed by atoms with Gasteiger partial charge in [-0.25, -0.2) is 0 Å². The van der Waals surface area contributed by atoms with E-state index in [1.807, 2.05) is 48.5 Å². The number of benzene rings is 2. The summed E-state index contributed by atoms with van der Waals surface area (Å²) in [6.45, 7) is 1.73. The van der Waals surface area contributed by atoms with E-state index in [1.165, 1.54) is 0 Å². The molecule has 3 rings (SSSR count). The molecule has 0 aliphatic carbocycles. The third-order valence-corrected chi connectivity index (χ3v) is 4.53. The predicted octanol–water partition coefficient (Wildman–Crippen LogP) is 4.51. The average Bonchev–Trinajstić information content (AvgIpc) is 3.05. The molecule has 3 nitrogen and oxygen atoms in total. The smallest absolute Gasteiger partial charge is 0.204 e. The second-order valence-corrected chi connectivity index (χ2v) is 6.02. The molecule has 2 aromatic carbocycles. The highest BCUT2D eigenvalue weighted by Gasteiger charge is 2.37. The summed E-state index contributed by atoms with van der Waals surface area (Å²) < 4.78 is 17.2. The van der Waals surface area contributed by atoms with Crippen LogP contribution in [0.2, 0.25) is 5.02 Å². The molecule has 5 heteroatoms. The molecule has 0 atom stereocenters. The molecule has 0 amide bonds. The van der Waals surface area contributed by atoms with Crippen molar-refractivity contribution in [3.8, 4) is 5.75 Å². The Labute approximate surface area is 143 Å². The molecule has 1 aliphatic heterocycles. The molecule has 0 bridgehead atoms. The van der Waals surface area contributed by atoms with E-state index in [0.29, 0.717) is 25.2 Å². The van der Waals surface area contributed by atoms with Gasteiger partial charge in [0.25, 0.3) is 0 Å². The standard InChI is InChI=1S/C17H16BrClO3/c18-12-17(21-9-10-22-17)14-3-7-16(8-4-14)20-11-13-1-5-15(19)6-2-13/h1-8H,9-12H2. The van der Waals surface area contributed by atoms with Gasteiger partial charge in [-0.3, -0.25) is 0 Å². The van der Waals surface area contributed by atoms with E-state index >= 15 is 0 Å². The quantitative estimate of drug-likeness (QED) is 0.711. The fraction of sp³-hybridized carbons (Fsp3) is 0.294. The van der Waals surface area contributed by atoms with Gasteiger partial charge in [0.2, 0.25) is 5.79 Å². The number of hydrogen-bond donors (Lipinski definition) is 0. The van der Waals surface area contributed by atoms with Crippen LogP contribution in [0.1, 0.15) is 11.1 Å². The van der Waals surface area contributed by atoms with Crippen LogP contribution in [0, 0.1) is 0 Å². The van der Waals surface area contributed by atoms with Crippen LogP contribution in [0.5, 0.6) is 5.75 Å². The summed E-state index contributed by atoms with van der Waals surface area (Å²) >= 11 is 9.33. The van der Waals surface area contributed by atoms with Gasteiger partial charge in [0, 0.05) is 10.6 Å². The number of alkyl halides is 1. The number of rotatable bonds is 5. The van der Waals surface area contributed by atoms with E-state index in [0.717, 1.165) is 21.9 Å². The van der Waals surface area contributed by atoms with Crippen molar-refractivity contribution in [3.63, 3.8) is 0 Å². The highest BCUT2D eigenvalue weighted by molar-refractivity contribution is 9.09. The van der Waals surface area contributed by atoms with Crippen LogP contribution < -0.4 is 4.74 Å². The molecule has 22 heavy (non-hydrogen) atoms. The minimum Gasteiger partial charge on any atom is -0.489 e. The Morgan fingerprint density at radius 3 is 2.23 bits per heavy atom. The molecule has 1 heterocycles. The molecule has 116 valence electrons. The maximum atomic E-state index is 5.87. The van der Waals surface area contributed by atoms with Crippen molar-refractivity contribution >= 4 is 27.5 Å². The van der Waals surface area contributed by atoms with Gasteiger partial charge in [-0.2, -0.15) is 0 Å². The lowest BCUT2D eigenvalue weighted by atomic mass is 10.1. The maximum absolute atomic E-state index is 5.87. The van der Waals surface area contributed by atoms with Crippen LogP contribution in [-0.2, 0) is 21.9 Å². The van der Waals surface area contributed by atoms with Crippen molar-refractivity contribution < 1.29 is 14.2 Å². The molecule has 0 saturated carbocycles. The van der Waals surface area contributed by atoms with E-state index < -0.39 is 5.79 Å². The number of ether oxygens (including phenoxy) is 3. The SMILES string of the molecule is Clc1ccc(COc2ccc(C3(CBr)OCCO3)cc2)cc1. The van der Waals surface area contributed by atoms with Crippen LogP contribution in [0.3, 0.4) is 0 Å². The summed E-state index contributed by atoms with van der Waals surface area (Å²) in [5, 5.41) is 1.33. The van der Waals surface area contributed by atoms with E-state index in [4.69, 9.17) is 25.8 Å². The molecular formula is C17H16BrClO3. The zero-order chi connectivity index (χ0) is 15.4. The van der Waals surface area contributed by atoms with Gasteiger partial charge in [0.05, 0.1) is 18.5 Å². The molecule has 0 radical (unpaired) electrons. The summed E-state index contributed by atoms with van der Waals surface area (Å²) in [6.07, 6.45) is 0. The molecule has 1 saturated heterocycles. The normalized spacial score (nSPS) is 16.6. The van der Waals surface area contributed by atoms with E-state index in [9.17, 15) is 0 Å². The third-order valence-electron chi connectivity index (χ3n) is 3.54. The minimum atomic E-state index is -0.672. The summed E-state index contributed by atoms with van der Waals surface area (Å²) in [4.78, 5) is 0. The lowest BCUT2D eigenvalue weighted by molar-refractivity contribution is -0.144. The zero-order valence-electron chi connectivity index (χ0n) is 11.9. The van der Waals surface area contributed by atoms with Crippen molar-refractivity contribution in [2.75, 3.05) is 18.5 Å². The second-order valence-electron chi connectivity index (χ2n) is 5.02. The van der Waals surface area contributed by atoms with E-state index in [2.05, 4.69) is 15.9 Å². The van der Waals surface area contributed by atoms with Crippen molar-refractivity contribution in [1.82, 2.24) is 0 Å². The Morgan fingerprint density at radius 2 is 1.64 bits per heavy atom. The highest BCUT2D eigenvalue weighted by Crippen LogP contribution is 2.34. The van der Waals surface area contributed by atoms with Crippen LogP contribution in [0.15, 0.2) is 48.5 Å². The van der Waals surface area contributed by atoms with Crippen LogP contribution >= 0.6 is 27.5 Å². The van der Waals surface area contributed by atoms with Crippen LogP contribution in [0.25, 0.3) is 0 Å². The Morgan fingerprint density at radius 1 is 1.00 bits per heavy atom. The number of halogens is 2. The fourth-order valence-corrected chi connectivity index (χ4v) is 3.10. The molecule has 0 N–H and O–H groups in total. The van der Waals surface area contributed by atoms with Gasteiger partial charge >= 0.3 is 0 Å². The first kappa shape index (κ1) is 15.8. The first-order valence-corrected chi connectivity index (χ1v) is 8.53. The topological polar surface area (TPSA) is 27.7 Å². The summed E-state index contributed by atoms with van der Waals surface area (Å²) in [5.41, 5.74) is 2.06. The van der Waals surface area contributed by atoms with Crippen LogP contribution in [0.4, 0.5) is 0 Å². The average molecular weight is 384 g/mol. The van der Waals surface area contributed by atoms with E-state index in [-0.39, 0.29) is 0 Å². The Kier molecular flexibility index (Phi) is 5.03. The van der Waals surface area contributed by atoms with Gasteiger partial charge in [0.15, 0.2) is 0 Å². The third kappa shape index (κ3) is 3.46. The minimum absolute atomic E-state index is 0.507. The first-order chi connectivity index (χ1) is 10.7. The maximum Gasteiger partial charge on any atom is 0.204 e. The Hall–Kier alpha value is -1.07. The van der Waals surface area contributed by atoms with Gasteiger partial charge in [-0.05, 0) is 42.0 Å². The first-order valence-electron chi connectivity index (χ1n) is 7.03. The monoisotopic (exact) mass is 382 g/mol. The molecular weight excluding hydrogens is 368 g/mol. The molecule has 1 fully saturated rings. The summed E-state index contributed by atoms with van der Waals surface area (Å²) in [7, 11) is 0. The van der Waals surface area contributed by atoms with Gasteiger partial charge in [-0.1, -0.05) is 39.7 Å². The molecule has 2 aromatic rings. The van der Waals surface area contributed by atoms with Gasteiger partial charge in [-0.15, -0.1) is 0 Å². The Balaban J connectivity index is 1.65. The molecule has 0 spiro atoms. The largest absolute Gasteiger partial charge is 0.489 e. The second kappa shape index (κ2) is 7.01. The molecule has 0 unspecified atom stereocenters. The Bertz CT molecular complexity index is 607. The van der Waals surface area contributed by atoms with Gasteiger partial charge < -0.3 is 14.2 Å². The summed E-state index contributed by atoms with van der Waals surface area (Å²) in [6, 6.07) is 15.4. The molecule has 0 aromatic heterocycles. The molecule has 1 aliphatic rings. The van der Waals surface area contributed by atoms with Crippen LogP contribution in [-0.4, -0.2) is 18.5 Å². The summed E-state index contributed by atoms with van der Waals surface area (Å²) in [5.74, 6) is 0.135. The van der Waals surface area contributed by atoms with Crippen molar-refractivity contribution in [2.24, 2.45) is 0 Å².